The number of urea groups is 1. The number of imide groups is 1. The molecular formula is C22H21FN4O2. The van der Waals surface area contributed by atoms with Crippen LogP contribution in [0, 0.1) is 17.1 Å². The molecule has 6 nitrogen and oxygen atoms in total. The van der Waals surface area contributed by atoms with Crippen molar-refractivity contribution in [3.63, 3.8) is 0 Å². The van der Waals surface area contributed by atoms with Crippen LogP contribution in [0.15, 0.2) is 36.4 Å². The van der Waals surface area contributed by atoms with E-state index in [1.807, 2.05) is 0 Å². The largest absolute Gasteiger partial charge is 0.398 e. The van der Waals surface area contributed by atoms with Gasteiger partial charge in [0.1, 0.15) is 11.4 Å². The normalized spacial score (nSPS) is 18.3. The second-order valence-corrected chi connectivity index (χ2v) is 8.07. The Kier molecular flexibility index (Phi) is 4.30. The highest BCUT2D eigenvalue weighted by molar-refractivity contribution is 6.23. The molecule has 2 aliphatic rings. The highest BCUT2D eigenvalue weighted by atomic mass is 19.1. The number of nitrogens with two attached hydrogens (primary N) is 1. The SMILES string of the molecule is CC1(C)C(=O)N(c2ccc(C#N)c(C3CC3)c2)C(=O)N1Cc1ccc(F)cc1N. The molecule has 2 N–H and O–H groups in total. The lowest BCUT2D eigenvalue weighted by Gasteiger charge is -2.28. The van der Waals surface area contributed by atoms with Gasteiger partial charge >= 0.3 is 6.03 Å². The topological polar surface area (TPSA) is 90.4 Å². The molecule has 3 amide bonds. The minimum absolute atomic E-state index is 0.0892. The Morgan fingerprint density at radius 1 is 1.21 bits per heavy atom. The maximum Gasteiger partial charge on any atom is 0.332 e. The standard InChI is InChI=1S/C22H21FN4O2/c1-22(2)20(28)27(17-8-6-14(11-24)18(10-17)13-3-4-13)21(29)26(22)12-15-5-7-16(23)9-19(15)25/h5-10,13H,3-4,12,25H2,1-2H3. The number of amides is 3. The molecule has 1 saturated carbocycles. The highest BCUT2D eigenvalue weighted by Crippen LogP contribution is 2.43. The van der Waals surface area contributed by atoms with Crippen molar-refractivity contribution in [3.05, 3.63) is 58.9 Å². The molecular weight excluding hydrogens is 371 g/mol. The van der Waals surface area contributed by atoms with Crippen molar-refractivity contribution in [2.75, 3.05) is 10.6 Å². The van der Waals surface area contributed by atoms with Crippen LogP contribution in [0.4, 0.5) is 20.6 Å². The van der Waals surface area contributed by atoms with Crippen molar-refractivity contribution < 1.29 is 14.0 Å². The molecule has 1 saturated heterocycles. The Labute approximate surface area is 168 Å². The van der Waals surface area contributed by atoms with Crippen molar-refractivity contribution >= 4 is 23.3 Å². The first kappa shape index (κ1) is 18.9. The van der Waals surface area contributed by atoms with E-state index >= 15 is 0 Å². The molecule has 0 spiro atoms. The van der Waals surface area contributed by atoms with Crippen LogP contribution < -0.4 is 10.6 Å². The lowest BCUT2D eigenvalue weighted by molar-refractivity contribution is -0.123. The molecule has 1 aliphatic carbocycles. The molecule has 0 radical (unpaired) electrons. The zero-order chi connectivity index (χ0) is 20.9. The van der Waals surface area contributed by atoms with Gasteiger partial charge in [0, 0.05) is 5.69 Å². The second kappa shape index (κ2) is 6.59. The van der Waals surface area contributed by atoms with Crippen LogP contribution in [0.3, 0.4) is 0 Å². The molecule has 2 fully saturated rings. The van der Waals surface area contributed by atoms with Crippen molar-refractivity contribution in [2.45, 2.75) is 44.7 Å². The van der Waals surface area contributed by atoms with Gasteiger partial charge in [-0.25, -0.2) is 14.1 Å². The van der Waals surface area contributed by atoms with E-state index < -0.39 is 17.4 Å². The van der Waals surface area contributed by atoms with Gasteiger partial charge in [-0.05, 0) is 74.1 Å². The van der Waals surface area contributed by atoms with E-state index in [-0.39, 0.29) is 18.1 Å². The number of rotatable bonds is 4. The molecule has 4 rings (SSSR count). The van der Waals surface area contributed by atoms with Gasteiger partial charge < -0.3 is 10.6 Å². The molecule has 7 heteroatoms. The van der Waals surface area contributed by atoms with Gasteiger partial charge in [-0.15, -0.1) is 0 Å². The molecule has 2 aromatic rings. The van der Waals surface area contributed by atoms with Gasteiger partial charge in [0.25, 0.3) is 5.91 Å². The first-order valence-electron chi connectivity index (χ1n) is 9.48. The van der Waals surface area contributed by atoms with Crippen LogP contribution in [0.25, 0.3) is 0 Å². The fraction of sp³-hybridized carbons (Fsp3) is 0.318. The predicted molar refractivity (Wildman–Crippen MR) is 106 cm³/mol. The van der Waals surface area contributed by atoms with Crippen LogP contribution in [0.2, 0.25) is 0 Å². The molecule has 0 unspecified atom stereocenters. The van der Waals surface area contributed by atoms with Crippen molar-refractivity contribution in [2.24, 2.45) is 0 Å². The fourth-order valence-corrected chi connectivity index (χ4v) is 3.73. The average molecular weight is 392 g/mol. The molecule has 29 heavy (non-hydrogen) atoms. The number of hydrogen-bond acceptors (Lipinski definition) is 4. The number of hydrogen-bond donors (Lipinski definition) is 1. The summed E-state index contributed by atoms with van der Waals surface area (Å²) in [6, 6.07) is 10.8. The van der Waals surface area contributed by atoms with E-state index in [1.54, 1.807) is 32.0 Å². The fourth-order valence-electron chi connectivity index (χ4n) is 3.73. The van der Waals surface area contributed by atoms with Gasteiger partial charge in [-0.1, -0.05) is 6.07 Å². The van der Waals surface area contributed by atoms with Crippen LogP contribution in [-0.4, -0.2) is 22.4 Å². The zero-order valence-corrected chi connectivity index (χ0v) is 16.3. The summed E-state index contributed by atoms with van der Waals surface area (Å²) in [5, 5.41) is 9.35. The number of nitrogens with zero attached hydrogens (tertiary/aromatic N) is 3. The maximum atomic E-state index is 13.4. The number of nitriles is 1. The Morgan fingerprint density at radius 3 is 2.55 bits per heavy atom. The molecule has 1 heterocycles. The summed E-state index contributed by atoms with van der Waals surface area (Å²) < 4.78 is 13.4. The lowest BCUT2D eigenvalue weighted by Crippen LogP contribution is -2.43. The molecule has 2 aromatic carbocycles. The zero-order valence-electron chi connectivity index (χ0n) is 16.3. The Hall–Kier alpha value is -3.40. The summed E-state index contributed by atoms with van der Waals surface area (Å²) in [5.74, 6) is -0.503. The third-order valence-corrected chi connectivity index (χ3v) is 5.69. The number of carbonyl (C=O) groups is 2. The maximum absolute atomic E-state index is 13.4. The minimum atomic E-state index is -1.09. The summed E-state index contributed by atoms with van der Waals surface area (Å²) in [6.45, 7) is 3.45. The summed E-state index contributed by atoms with van der Waals surface area (Å²) in [6.07, 6.45) is 2.00. The summed E-state index contributed by atoms with van der Waals surface area (Å²) in [5.41, 5.74) is 7.52. The smallest absolute Gasteiger partial charge is 0.332 e. The quantitative estimate of drug-likeness (QED) is 0.631. The van der Waals surface area contributed by atoms with Gasteiger partial charge in [0.05, 0.1) is 23.9 Å². The van der Waals surface area contributed by atoms with E-state index in [4.69, 9.17) is 5.73 Å². The number of anilines is 2. The number of halogens is 1. The second-order valence-electron chi connectivity index (χ2n) is 8.07. The molecule has 0 atom stereocenters. The Morgan fingerprint density at radius 2 is 1.93 bits per heavy atom. The van der Waals surface area contributed by atoms with Crippen LogP contribution >= 0.6 is 0 Å². The van der Waals surface area contributed by atoms with Gasteiger partial charge in [0.2, 0.25) is 0 Å². The average Bonchev–Trinajstić information content (AvgIpc) is 3.49. The number of carbonyl (C=O) groups excluding carboxylic acids is 2. The highest BCUT2D eigenvalue weighted by Gasteiger charge is 2.52. The van der Waals surface area contributed by atoms with Crippen molar-refractivity contribution in [1.82, 2.24) is 4.90 Å². The van der Waals surface area contributed by atoms with E-state index in [2.05, 4.69) is 6.07 Å². The van der Waals surface area contributed by atoms with Gasteiger partial charge in [-0.2, -0.15) is 5.26 Å². The molecule has 148 valence electrons. The summed E-state index contributed by atoms with van der Waals surface area (Å²) >= 11 is 0. The first-order chi connectivity index (χ1) is 13.7. The van der Waals surface area contributed by atoms with Crippen molar-refractivity contribution in [1.29, 1.82) is 5.26 Å². The van der Waals surface area contributed by atoms with Crippen LogP contribution in [0.5, 0.6) is 0 Å². The summed E-state index contributed by atoms with van der Waals surface area (Å²) in [7, 11) is 0. The predicted octanol–water partition coefficient (Wildman–Crippen LogP) is 3.90. The molecule has 0 aromatic heterocycles. The van der Waals surface area contributed by atoms with Gasteiger partial charge in [-0.3, -0.25) is 4.79 Å². The van der Waals surface area contributed by atoms with Crippen molar-refractivity contribution in [3.8, 4) is 6.07 Å². The summed E-state index contributed by atoms with van der Waals surface area (Å²) in [4.78, 5) is 29.0. The molecule has 1 aliphatic heterocycles. The molecule has 0 bridgehead atoms. The van der Waals surface area contributed by atoms with Crippen LogP contribution in [0.1, 0.15) is 49.3 Å². The minimum Gasteiger partial charge on any atom is -0.398 e. The van der Waals surface area contributed by atoms with E-state index in [0.29, 0.717) is 22.7 Å². The number of nitrogen functional groups attached to an aromatic ring is 1. The van der Waals surface area contributed by atoms with Crippen LogP contribution in [-0.2, 0) is 11.3 Å². The number of benzene rings is 2. The Balaban J connectivity index is 1.70. The Bertz CT molecular complexity index is 1070. The third kappa shape index (κ3) is 3.11. The first-order valence-corrected chi connectivity index (χ1v) is 9.48. The monoisotopic (exact) mass is 392 g/mol. The van der Waals surface area contributed by atoms with E-state index in [1.165, 1.54) is 23.1 Å². The van der Waals surface area contributed by atoms with Gasteiger partial charge in [0.15, 0.2) is 0 Å². The van der Waals surface area contributed by atoms with E-state index in [9.17, 15) is 19.2 Å². The lowest BCUT2D eigenvalue weighted by atomic mass is 10.0. The van der Waals surface area contributed by atoms with E-state index in [0.717, 1.165) is 23.3 Å². The third-order valence-electron chi connectivity index (χ3n) is 5.69.